The Labute approximate surface area is 318 Å². The number of hydrogen-bond donors (Lipinski definition) is 2. The molecule has 3 amide bonds. The molecule has 0 bridgehead atoms. The van der Waals surface area contributed by atoms with Crippen molar-refractivity contribution in [3.8, 4) is 0 Å². The summed E-state index contributed by atoms with van der Waals surface area (Å²) >= 11 is 6.04. The Kier molecular flexibility index (Phi) is 13.7. The van der Waals surface area contributed by atoms with Gasteiger partial charge in [0.1, 0.15) is 11.6 Å². The van der Waals surface area contributed by atoms with Gasteiger partial charge in [-0.25, -0.2) is 9.59 Å². The number of methoxy groups -OCH3 is 1. The highest BCUT2D eigenvalue weighted by Crippen LogP contribution is 2.30. The van der Waals surface area contributed by atoms with Gasteiger partial charge in [-0.05, 0) is 80.6 Å². The first kappa shape index (κ1) is 39.5. The van der Waals surface area contributed by atoms with Crippen LogP contribution in [0.25, 0.3) is 0 Å². The third kappa shape index (κ3) is 11.4. The van der Waals surface area contributed by atoms with Crippen molar-refractivity contribution in [2.75, 3.05) is 31.3 Å². The molecule has 0 aromatic heterocycles. The van der Waals surface area contributed by atoms with Crippen molar-refractivity contribution in [3.63, 3.8) is 0 Å². The van der Waals surface area contributed by atoms with Gasteiger partial charge in [0.2, 0.25) is 5.91 Å². The van der Waals surface area contributed by atoms with Gasteiger partial charge in [-0.2, -0.15) is 0 Å². The van der Waals surface area contributed by atoms with Gasteiger partial charge in [0.15, 0.2) is 0 Å². The number of para-hydroxylation sites is 1. The topological polar surface area (TPSA) is 123 Å². The Morgan fingerprint density at radius 2 is 1.45 bits per heavy atom. The van der Waals surface area contributed by atoms with Crippen molar-refractivity contribution in [2.45, 2.75) is 68.3 Å². The highest BCUT2D eigenvalue weighted by molar-refractivity contribution is 7.85. The number of nitrogens with zero attached hydrogens (tertiary/aromatic N) is 1. The van der Waals surface area contributed by atoms with Crippen LogP contribution in [0.15, 0.2) is 114 Å². The second-order valence-corrected chi connectivity index (χ2v) is 15.8. The van der Waals surface area contributed by atoms with E-state index < -0.39 is 58.7 Å². The van der Waals surface area contributed by atoms with Gasteiger partial charge < -0.3 is 29.7 Å². The summed E-state index contributed by atoms with van der Waals surface area (Å²) in [7, 11) is -0.131. The Bertz CT molecular complexity index is 1820. The third-order valence-corrected chi connectivity index (χ3v) is 10.4. The monoisotopic (exact) mass is 759 g/mol. The molecule has 1 unspecified atom stereocenters. The first-order valence-corrected chi connectivity index (χ1v) is 19.2. The van der Waals surface area contributed by atoms with Crippen LogP contribution in [0.4, 0.5) is 15.3 Å². The van der Waals surface area contributed by atoms with E-state index in [-0.39, 0.29) is 18.8 Å². The summed E-state index contributed by atoms with van der Waals surface area (Å²) in [4.78, 5) is 42.3. The Morgan fingerprint density at radius 1 is 0.868 bits per heavy atom. The molecule has 0 radical (unpaired) electrons. The van der Waals surface area contributed by atoms with E-state index in [9.17, 15) is 18.6 Å². The third-order valence-electron chi connectivity index (χ3n) is 8.70. The molecule has 4 aromatic rings. The summed E-state index contributed by atoms with van der Waals surface area (Å²) in [5, 5.41) is 6.40. The average Bonchev–Trinajstić information content (AvgIpc) is 3.14. The summed E-state index contributed by atoms with van der Waals surface area (Å²) in [5.74, 6) is -0.758. The molecular weight excluding hydrogens is 714 g/mol. The largest absolute Gasteiger partial charge is 0.453 e. The van der Waals surface area contributed by atoms with Crippen LogP contribution in [-0.4, -0.2) is 77.0 Å². The maximum absolute atomic E-state index is 14.2. The second kappa shape index (κ2) is 18.4. The molecule has 0 aliphatic carbocycles. The molecule has 1 aliphatic heterocycles. The van der Waals surface area contributed by atoms with Crippen LogP contribution < -0.4 is 10.6 Å². The number of benzene rings is 4. The summed E-state index contributed by atoms with van der Waals surface area (Å²) < 4.78 is 30.4. The number of alkyl carbamates (subject to hydrolysis) is 1. The fourth-order valence-electron chi connectivity index (χ4n) is 6.27. The molecule has 1 saturated heterocycles. The number of ether oxygens (including phenoxy) is 3. The van der Waals surface area contributed by atoms with E-state index in [1.807, 2.05) is 106 Å². The summed E-state index contributed by atoms with van der Waals surface area (Å²) in [5.41, 5.74) is 2.42. The number of morpholine rings is 1. The standard InChI is InChI=1S/C41H46ClN3O7S/c1-41(2,3)52-40(48)45-25-32(51-33(26-45)27-53(49)34-23-20-31(42)21-24-34)22-19-28-13-11-12-18-35(28)43-38(46)37(44-39(47)50-4)36(29-14-7-5-8-15-29)30-16-9-6-10-17-30/h5-18,20-21,23-24,32-33,36-37H,19,22,25-27H2,1-4H3,(H,43,46)(H,44,47)/t32-,33+,37+,53?/m1/s1. The van der Waals surface area contributed by atoms with Gasteiger partial charge in [-0.1, -0.05) is 90.5 Å². The minimum Gasteiger partial charge on any atom is -0.453 e. The van der Waals surface area contributed by atoms with Crippen molar-refractivity contribution in [3.05, 3.63) is 131 Å². The first-order chi connectivity index (χ1) is 25.4. The zero-order valence-electron chi connectivity index (χ0n) is 30.3. The number of hydrogen-bond acceptors (Lipinski definition) is 7. The van der Waals surface area contributed by atoms with E-state index in [4.69, 9.17) is 25.8 Å². The van der Waals surface area contributed by atoms with Gasteiger partial charge in [0.25, 0.3) is 0 Å². The second-order valence-electron chi connectivity index (χ2n) is 13.8. The minimum absolute atomic E-state index is 0.183. The van der Waals surface area contributed by atoms with Gasteiger partial charge in [0.05, 0.1) is 49.0 Å². The Morgan fingerprint density at radius 3 is 2.06 bits per heavy atom. The number of carbonyl (C=O) groups is 3. The quantitative estimate of drug-likeness (QED) is 0.153. The van der Waals surface area contributed by atoms with Crippen molar-refractivity contribution in [2.24, 2.45) is 0 Å². The molecule has 4 aromatic carbocycles. The highest BCUT2D eigenvalue weighted by atomic mass is 35.5. The zero-order chi connectivity index (χ0) is 38.0. The Balaban J connectivity index is 1.35. The molecule has 5 rings (SSSR count). The summed E-state index contributed by atoms with van der Waals surface area (Å²) in [6, 6.07) is 32.3. The van der Waals surface area contributed by atoms with Crippen LogP contribution in [0.2, 0.25) is 5.02 Å². The van der Waals surface area contributed by atoms with Crippen molar-refractivity contribution in [1.29, 1.82) is 0 Å². The number of amides is 3. The summed E-state index contributed by atoms with van der Waals surface area (Å²) in [6.45, 7) is 5.96. The number of nitrogens with one attached hydrogen (secondary N) is 2. The van der Waals surface area contributed by atoms with Gasteiger partial charge >= 0.3 is 12.2 Å². The highest BCUT2D eigenvalue weighted by Gasteiger charge is 2.35. The van der Waals surface area contributed by atoms with Gasteiger partial charge in [-0.3, -0.25) is 9.00 Å². The maximum atomic E-state index is 14.2. The lowest BCUT2D eigenvalue weighted by atomic mass is 9.84. The molecule has 0 saturated carbocycles. The minimum atomic E-state index is -1.39. The van der Waals surface area contributed by atoms with Crippen LogP contribution in [0.3, 0.4) is 0 Å². The Hall–Kier alpha value is -4.71. The van der Waals surface area contributed by atoms with Crippen LogP contribution >= 0.6 is 11.6 Å². The predicted molar refractivity (Wildman–Crippen MR) is 207 cm³/mol. The lowest BCUT2D eigenvalue weighted by molar-refractivity contribution is -0.118. The molecule has 1 heterocycles. The molecular formula is C41H46ClN3O7S. The number of halogens is 1. The van der Waals surface area contributed by atoms with Crippen molar-refractivity contribution < 1.29 is 32.8 Å². The van der Waals surface area contributed by atoms with E-state index in [1.54, 1.807) is 29.2 Å². The van der Waals surface area contributed by atoms with E-state index in [0.29, 0.717) is 28.4 Å². The normalized spacial score (nSPS) is 17.1. The molecule has 53 heavy (non-hydrogen) atoms. The van der Waals surface area contributed by atoms with Crippen LogP contribution in [0.1, 0.15) is 49.8 Å². The fourth-order valence-corrected chi connectivity index (χ4v) is 7.55. The van der Waals surface area contributed by atoms with Crippen LogP contribution in [0.5, 0.6) is 0 Å². The molecule has 280 valence electrons. The predicted octanol–water partition coefficient (Wildman–Crippen LogP) is 7.58. The zero-order valence-corrected chi connectivity index (χ0v) is 31.9. The van der Waals surface area contributed by atoms with Gasteiger partial charge in [-0.15, -0.1) is 0 Å². The van der Waals surface area contributed by atoms with Gasteiger partial charge in [0, 0.05) is 21.5 Å². The molecule has 10 nitrogen and oxygen atoms in total. The van der Waals surface area contributed by atoms with Crippen molar-refractivity contribution >= 4 is 46.2 Å². The number of rotatable bonds is 12. The first-order valence-electron chi connectivity index (χ1n) is 17.5. The molecule has 12 heteroatoms. The van der Waals surface area contributed by atoms with Crippen LogP contribution in [0, 0.1) is 0 Å². The van der Waals surface area contributed by atoms with E-state index >= 15 is 0 Å². The molecule has 2 N–H and O–H groups in total. The number of anilines is 1. The molecule has 0 spiro atoms. The lowest BCUT2D eigenvalue weighted by Crippen LogP contribution is -2.52. The molecule has 1 aliphatic rings. The summed E-state index contributed by atoms with van der Waals surface area (Å²) in [6.07, 6.45) is -1.11. The SMILES string of the molecule is COC(=O)N[C@H](C(=O)Nc1ccccc1CC[C@@H]1CN(C(=O)OC(C)(C)C)C[C@@H](CS(=O)c2ccc(Cl)cc2)O1)C(c1ccccc1)c1ccccc1. The number of aryl methyl sites for hydroxylation is 1. The molecule has 1 fully saturated rings. The number of carbonyl (C=O) groups excluding carboxylic acids is 3. The van der Waals surface area contributed by atoms with Crippen molar-refractivity contribution in [1.82, 2.24) is 10.2 Å². The van der Waals surface area contributed by atoms with Crippen LogP contribution in [-0.2, 0) is 36.2 Å². The smallest absolute Gasteiger partial charge is 0.410 e. The molecule has 4 atom stereocenters. The van der Waals surface area contributed by atoms with E-state index in [1.165, 1.54) is 7.11 Å². The van der Waals surface area contributed by atoms with E-state index in [0.717, 1.165) is 16.7 Å². The lowest BCUT2D eigenvalue weighted by Gasteiger charge is -2.38. The average molecular weight is 760 g/mol. The maximum Gasteiger partial charge on any atom is 0.410 e. The fraction of sp³-hybridized carbons (Fsp3) is 0.341. The van der Waals surface area contributed by atoms with E-state index in [2.05, 4.69) is 10.6 Å².